The van der Waals surface area contributed by atoms with Crippen LogP contribution in [0.2, 0.25) is 0 Å². The number of esters is 2. The summed E-state index contributed by atoms with van der Waals surface area (Å²) in [5, 5.41) is 0. The molecular formula is C27H46O4. The summed E-state index contributed by atoms with van der Waals surface area (Å²) in [6, 6.07) is 0. The Labute approximate surface area is 190 Å². The van der Waals surface area contributed by atoms with Crippen LogP contribution in [0.1, 0.15) is 111 Å². The highest BCUT2D eigenvalue weighted by molar-refractivity contribution is 5.87. The lowest BCUT2D eigenvalue weighted by Crippen LogP contribution is -2.24. The number of rotatable bonds is 14. The number of carbonyl (C=O) groups excluding carboxylic acids is 2. The Balaban J connectivity index is 0.000000323. The van der Waals surface area contributed by atoms with Crippen molar-refractivity contribution in [3.8, 4) is 0 Å². The molecule has 0 radical (unpaired) electrons. The van der Waals surface area contributed by atoms with Gasteiger partial charge in [0.25, 0.3) is 0 Å². The van der Waals surface area contributed by atoms with E-state index >= 15 is 0 Å². The fraction of sp³-hybridized carbons (Fsp3) is 0.778. The van der Waals surface area contributed by atoms with Crippen LogP contribution in [0.3, 0.4) is 0 Å². The van der Waals surface area contributed by atoms with E-state index in [0.29, 0.717) is 23.7 Å². The van der Waals surface area contributed by atoms with Gasteiger partial charge in [-0.1, -0.05) is 77.9 Å². The second kappa shape index (κ2) is 16.1. The Hall–Kier alpha value is -1.58. The van der Waals surface area contributed by atoms with Crippen molar-refractivity contribution in [2.24, 2.45) is 11.8 Å². The van der Waals surface area contributed by atoms with E-state index in [4.69, 9.17) is 9.47 Å². The zero-order valence-electron chi connectivity index (χ0n) is 20.4. The third-order valence-electron chi connectivity index (χ3n) is 6.36. The molecule has 3 unspecified atom stereocenters. The predicted molar refractivity (Wildman–Crippen MR) is 128 cm³/mol. The Morgan fingerprint density at radius 1 is 0.774 bits per heavy atom. The molecule has 31 heavy (non-hydrogen) atoms. The van der Waals surface area contributed by atoms with Crippen molar-refractivity contribution < 1.29 is 19.1 Å². The molecule has 4 nitrogen and oxygen atoms in total. The second-order valence-corrected chi connectivity index (χ2v) is 9.50. The van der Waals surface area contributed by atoms with E-state index in [0.717, 1.165) is 18.8 Å². The van der Waals surface area contributed by atoms with Crippen molar-refractivity contribution in [1.82, 2.24) is 0 Å². The summed E-state index contributed by atoms with van der Waals surface area (Å²) in [7, 11) is 0. The number of ether oxygens (including phenoxy) is 2. The van der Waals surface area contributed by atoms with E-state index in [1.165, 1.54) is 77.0 Å². The summed E-state index contributed by atoms with van der Waals surface area (Å²) < 4.78 is 10.4. The molecule has 2 fully saturated rings. The van der Waals surface area contributed by atoms with Crippen LogP contribution < -0.4 is 0 Å². The van der Waals surface area contributed by atoms with Gasteiger partial charge in [0.1, 0.15) is 6.10 Å². The van der Waals surface area contributed by atoms with Gasteiger partial charge in [0.15, 0.2) is 0 Å². The first kappa shape index (κ1) is 27.5. The lowest BCUT2D eigenvalue weighted by Gasteiger charge is -2.21. The standard InChI is InChI=1S/C16H30O2.C11H16O2/c1-4-5-6-7-8-9-10-11-12-13-14-18-16(17)15(2)3;1-7(2)11(12)13-10-6-8-3-4-9(10)5-8/h2,4-14H2,1,3H3;8-10H,1,3-6H2,2H3. The van der Waals surface area contributed by atoms with Gasteiger partial charge in [-0.2, -0.15) is 0 Å². The van der Waals surface area contributed by atoms with Gasteiger partial charge in [-0.3, -0.25) is 0 Å². The van der Waals surface area contributed by atoms with Gasteiger partial charge >= 0.3 is 11.9 Å². The van der Waals surface area contributed by atoms with E-state index in [1.807, 2.05) is 0 Å². The maximum Gasteiger partial charge on any atom is 0.333 e. The number of unbranched alkanes of at least 4 members (excludes halogenated alkanes) is 9. The van der Waals surface area contributed by atoms with Crippen molar-refractivity contribution in [1.29, 1.82) is 0 Å². The molecule has 2 aliphatic carbocycles. The molecule has 0 aliphatic heterocycles. The molecule has 0 saturated heterocycles. The molecule has 0 amide bonds. The highest BCUT2D eigenvalue weighted by Gasteiger charge is 2.41. The fourth-order valence-electron chi connectivity index (χ4n) is 4.45. The summed E-state index contributed by atoms with van der Waals surface area (Å²) in [5.74, 6) is 1.00. The van der Waals surface area contributed by atoms with Crippen molar-refractivity contribution in [2.75, 3.05) is 6.61 Å². The molecule has 0 heterocycles. The van der Waals surface area contributed by atoms with Crippen LogP contribution in [-0.2, 0) is 19.1 Å². The fourth-order valence-corrected chi connectivity index (χ4v) is 4.45. The summed E-state index contributed by atoms with van der Waals surface area (Å²) in [5.41, 5.74) is 1.00. The minimum Gasteiger partial charge on any atom is -0.462 e. The van der Waals surface area contributed by atoms with Crippen LogP contribution in [0.25, 0.3) is 0 Å². The Morgan fingerprint density at radius 3 is 1.77 bits per heavy atom. The second-order valence-electron chi connectivity index (χ2n) is 9.50. The molecule has 2 aliphatic rings. The Morgan fingerprint density at radius 2 is 1.32 bits per heavy atom. The van der Waals surface area contributed by atoms with Crippen LogP contribution in [0, 0.1) is 11.8 Å². The third-order valence-corrected chi connectivity index (χ3v) is 6.36. The maximum atomic E-state index is 11.3. The van der Waals surface area contributed by atoms with E-state index in [1.54, 1.807) is 13.8 Å². The summed E-state index contributed by atoms with van der Waals surface area (Å²) in [6.07, 6.45) is 18.1. The highest BCUT2D eigenvalue weighted by atomic mass is 16.5. The molecule has 0 N–H and O–H groups in total. The van der Waals surface area contributed by atoms with Gasteiger partial charge in [0.2, 0.25) is 0 Å². The first-order valence-electron chi connectivity index (χ1n) is 12.5. The van der Waals surface area contributed by atoms with Gasteiger partial charge in [0, 0.05) is 11.1 Å². The van der Waals surface area contributed by atoms with Crippen LogP contribution in [-0.4, -0.2) is 24.6 Å². The number of fused-ring (bicyclic) bond motifs is 2. The number of hydrogen-bond acceptors (Lipinski definition) is 4. The normalized spacial score (nSPS) is 21.2. The molecule has 0 aromatic carbocycles. The number of hydrogen-bond donors (Lipinski definition) is 0. The van der Waals surface area contributed by atoms with E-state index in [2.05, 4.69) is 20.1 Å². The molecule has 0 spiro atoms. The van der Waals surface area contributed by atoms with Crippen molar-refractivity contribution >= 4 is 11.9 Å². The smallest absolute Gasteiger partial charge is 0.333 e. The molecule has 0 aromatic rings. The highest BCUT2D eigenvalue weighted by Crippen LogP contribution is 2.45. The topological polar surface area (TPSA) is 52.6 Å². The van der Waals surface area contributed by atoms with E-state index in [9.17, 15) is 9.59 Å². The molecule has 2 rings (SSSR count). The minimum atomic E-state index is -0.258. The molecule has 0 aromatic heterocycles. The zero-order valence-corrected chi connectivity index (χ0v) is 20.4. The van der Waals surface area contributed by atoms with E-state index in [-0.39, 0.29) is 18.0 Å². The average molecular weight is 435 g/mol. The molecule has 4 heteroatoms. The molecule has 2 bridgehead atoms. The number of carbonyl (C=O) groups is 2. The Bertz CT molecular complexity index is 566. The third kappa shape index (κ3) is 12.1. The van der Waals surface area contributed by atoms with Crippen LogP contribution in [0.15, 0.2) is 24.3 Å². The van der Waals surface area contributed by atoms with Gasteiger partial charge in [0.05, 0.1) is 6.61 Å². The Kier molecular flexibility index (Phi) is 14.3. The SMILES string of the molecule is C=C(C)C(=O)OC1CC2CCC1C2.C=C(C)C(=O)OCCCCCCCCCCCC. The first-order valence-corrected chi connectivity index (χ1v) is 12.5. The van der Waals surface area contributed by atoms with E-state index < -0.39 is 0 Å². The van der Waals surface area contributed by atoms with Gasteiger partial charge in [-0.25, -0.2) is 9.59 Å². The zero-order chi connectivity index (χ0) is 23.1. The largest absolute Gasteiger partial charge is 0.462 e. The van der Waals surface area contributed by atoms with Crippen molar-refractivity contribution in [3.05, 3.63) is 24.3 Å². The molecule has 2 saturated carbocycles. The summed E-state index contributed by atoms with van der Waals surface area (Å²) >= 11 is 0. The van der Waals surface area contributed by atoms with Crippen molar-refractivity contribution in [3.63, 3.8) is 0 Å². The summed E-state index contributed by atoms with van der Waals surface area (Å²) in [4.78, 5) is 22.3. The van der Waals surface area contributed by atoms with Crippen molar-refractivity contribution in [2.45, 2.75) is 117 Å². The van der Waals surface area contributed by atoms with Crippen LogP contribution >= 0.6 is 0 Å². The predicted octanol–water partition coefficient (Wildman–Crippen LogP) is 7.32. The summed E-state index contributed by atoms with van der Waals surface area (Å²) in [6.45, 7) is 13.3. The minimum absolute atomic E-state index is 0.197. The average Bonchev–Trinajstić information content (AvgIpc) is 3.35. The van der Waals surface area contributed by atoms with Gasteiger partial charge < -0.3 is 9.47 Å². The van der Waals surface area contributed by atoms with Gasteiger partial charge in [-0.15, -0.1) is 0 Å². The maximum absolute atomic E-state index is 11.3. The lowest BCUT2D eigenvalue weighted by molar-refractivity contribution is -0.146. The van der Waals surface area contributed by atoms with Crippen LogP contribution in [0.5, 0.6) is 0 Å². The molecule has 178 valence electrons. The quantitative estimate of drug-likeness (QED) is 0.163. The lowest BCUT2D eigenvalue weighted by atomic mass is 9.98. The van der Waals surface area contributed by atoms with Crippen LogP contribution in [0.4, 0.5) is 0 Å². The first-order chi connectivity index (χ1) is 14.8. The molecule has 3 atom stereocenters. The molecular weight excluding hydrogens is 388 g/mol. The monoisotopic (exact) mass is 434 g/mol. The van der Waals surface area contributed by atoms with Gasteiger partial charge in [-0.05, 0) is 57.8 Å².